The van der Waals surface area contributed by atoms with E-state index in [-0.39, 0.29) is 17.8 Å². The van der Waals surface area contributed by atoms with E-state index in [9.17, 15) is 0 Å². The second-order valence-corrected chi connectivity index (χ2v) is 4.93. The zero-order valence-electron chi connectivity index (χ0n) is 10.0. The zero-order chi connectivity index (χ0) is 12.8. The molecule has 0 aliphatic rings. The summed E-state index contributed by atoms with van der Waals surface area (Å²) in [5, 5.41) is 14.9. The standard InChI is InChI=1S/C12H18BrN3O/c1-8(12(14)16-17)7-15-9(2)10-5-3-4-6-11(10)13/h3-6,8-9,15,17H,7H2,1-2H3,(H2,14,16)/t8?,9-/m1/s1. The van der Waals surface area contributed by atoms with Crippen LogP contribution in [0, 0.1) is 5.92 Å². The van der Waals surface area contributed by atoms with E-state index in [2.05, 4.69) is 39.4 Å². The van der Waals surface area contributed by atoms with E-state index in [0.717, 1.165) is 4.47 Å². The minimum Gasteiger partial charge on any atom is -0.409 e. The highest BCUT2D eigenvalue weighted by atomic mass is 79.9. The lowest BCUT2D eigenvalue weighted by molar-refractivity contribution is 0.313. The lowest BCUT2D eigenvalue weighted by atomic mass is 10.1. The molecule has 17 heavy (non-hydrogen) atoms. The maximum absolute atomic E-state index is 8.56. The molecular formula is C12H18BrN3O. The largest absolute Gasteiger partial charge is 0.409 e. The fraction of sp³-hybridized carbons (Fsp3) is 0.417. The summed E-state index contributed by atoms with van der Waals surface area (Å²) < 4.78 is 1.08. The summed E-state index contributed by atoms with van der Waals surface area (Å²) in [6.45, 7) is 4.66. The van der Waals surface area contributed by atoms with Crippen molar-refractivity contribution in [2.24, 2.45) is 16.8 Å². The van der Waals surface area contributed by atoms with Gasteiger partial charge in [-0.3, -0.25) is 0 Å². The average molecular weight is 300 g/mol. The molecule has 94 valence electrons. The van der Waals surface area contributed by atoms with Crippen LogP contribution in [0.15, 0.2) is 33.9 Å². The van der Waals surface area contributed by atoms with Crippen molar-refractivity contribution in [1.82, 2.24) is 5.32 Å². The van der Waals surface area contributed by atoms with Crippen LogP contribution in [0.4, 0.5) is 0 Å². The first-order valence-electron chi connectivity index (χ1n) is 5.51. The van der Waals surface area contributed by atoms with Gasteiger partial charge in [0.1, 0.15) is 5.84 Å². The molecule has 0 bridgehead atoms. The first kappa shape index (κ1) is 14.0. The van der Waals surface area contributed by atoms with Crippen LogP contribution < -0.4 is 11.1 Å². The second kappa shape index (κ2) is 6.61. The lowest BCUT2D eigenvalue weighted by Gasteiger charge is -2.18. The molecule has 0 radical (unpaired) electrons. The molecule has 4 nitrogen and oxygen atoms in total. The van der Waals surface area contributed by atoms with Crippen LogP contribution in [0.2, 0.25) is 0 Å². The first-order chi connectivity index (χ1) is 8.06. The van der Waals surface area contributed by atoms with Gasteiger partial charge in [0.2, 0.25) is 0 Å². The summed E-state index contributed by atoms with van der Waals surface area (Å²) in [5.41, 5.74) is 6.72. The van der Waals surface area contributed by atoms with Gasteiger partial charge in [-0.1, -0.05) is 46.2 Å². The van der Waals surface area contributed by atoms with Crippen molar-refractivity contribution in [3.05, 3.63) is 34.3 Å². The van der Waals surface area contributed by atoms with E-state index in [1.807, 2.05) is 25.1 Å². The Bertz CT molecular complexity index is 395. The molecule has 0 aliphatic carbocycles. The number of hydrogen-bond donors (Lipinski definition) is 3. The normalized spacial score (nSPS) is 15.6. The number of hydrogen-bond acceptors (Lipinski definition) is 3. The van der Waals surface area contributed by atoms with Crippen molar-refractivity contribution < 1.29 is 5.21 Å². The Hall–Kier alpha value is -1.07. The van der Waals surface area contributed by atoms with Crippen molar-refractivity contribution in [2.45, 2.75) is 19.9 Å². The molecule has 0 aromatic heterocycles. The van der Waals surface area contributed by atoms with Gasteiger partial charge in [-0.05, 0) is 18.6 Å². The maximum Gasteiger partial charge on any atom is 0.143 e. The van der Waals surface area contributed by atoms with Gasteiger partial charge in [-0.2, -0.15) is 0 Å². The topological polar surface area (TPSA) is 70.6 Å². The molecule has 5 heteroatoms. The maximum atomic E-state index is 8.56. The summed E-state index contributed by atoms with van der Waals surface area (Å²) in [6.07, 6.45) is 0. The van der Waals surface area contributed by atoms with Crippen LogP contribution in [-0.4, -0.2) is 17.6 Å². The number of nitrogens with zero attached hydrogens (tertiary/aromatic N) is 1. The molecule has 1 aromatic rings. The molecule has 0 aliphatic heterocycles. The monoisotopic (exact) mass is 299 g/mol. The predicted molar refractivity (Wildman–Crippen MR) is 73.1 cm³/mol. The second-order valence-electron chi connectivity index (χ2n) is 4.08. The predicted octanol–water partition coefficient (Wildman–Crippen LogP) is 2.48. The van der Waals surface area contributed by atoms with Gasteiger partial charge in [0.25, 0.3) is 0 Å². The molecular weight excluding hydrogens is 282 g/mol. The Labute approximate surface area is 110 Å². The highest BCUT2D eigenvalue weighted by molar-refractivity contribution is 9.10. The van der Waals surface area contributed by atoms with Crippen LogP contribution in [0.1, 0.15) is 25.5 Å². The SMILES string of the molecule is CC(CN[C@H](C)c1ccccc1Br)/C(N)=N/O. The number of rotatable bonds is 5. The van der Waals surface area contributed by atoms with Crippen molar-refractivity contribution in [3.63, 3.8) is 0 Å². The van der Waals surface area contributed by atoms with Gasteiger partial charge in [-0.25, -0.2) is 0 Å². The molecule has 0 saturated heterocycles. The van der Waals surface area contributed by atoms with Crippen molar-refractivity contribution in [3.8, 4) is 0 Å². The lowest BCUT2D eigenvalue weighted by Crippen LogP contribution is -2.32. The quantitative estimate of drug-likeness (QED) is 0.338. The van der Waals surface area contributed by atoms with Crippen LogP contribution in [-0.2, 0) is 0 Å². The smallest absolute Gasteiger partial charge is 0.143 e. The molecule has 1 rings (SSSR count). The summed E-state index contributed by atoms with van der Waals surface area (Å²) in [7, 11) is 0. The third-order valence-corrected chi connectivity index (χ3v) is 3.44. The molecule has 0 fully saturated rings. The Morgan fingerprint density at radius 2 is 2.12 bits per heavy atom. The highest BCUT2D eigenvalue weighted by Crippen LogP contribution is 2.22. The van der Waals surface area contributed by atoms with Gasteiger partial charge >= 0.3 is 0 Å². The van der Waals surface area contributed by atoms with E-state index in [1.54, 1.807) is 0 Å². The summed E-state index contributed by atoms with van der Waals surface area (Å²) in [5.74, 6) is 0.252. The summed E-state index contributed by atoms with van der Waals surface area (Å²) in [6, 6.07) is 8.28. The van der Waals surface area contributed by atoms with Gasteiger partial charge in [0.05, 0.1) is 0 Å². The molecule has 1 unspecified atom stereocenters. The summed E-state index contributed by atoms with van der Waals surface area (Å²) in [4.78, 5) is 0. The third kappa shape index (κ3) is 4.02. The molecule has 0 saturated carbocycles. The molecule has 0 amide bonds. The van der Waals surface area contributed by atoms with E-state index in [1.165, 1.54) is 5.56 Å². The minimum absolute atomic E-state index is 0.00457. The fourth-order valence-corrected chi connectivity index (χ4v) is 2.12. The average Bonchev–Trinajstić information content (AvgIpc) is 2.35. The van der Waals surface area contributed by atoms with Crippen LogP contribution in [0.25, 0.3) is 0 Å². The van der Waals surface area contributed by atoms with Crippen LogP contribution in [0.3, 0.4) is 0 Å². The number of oxime groups is 1. The fourth-order valence-electron chi connectivity index (χ4n) is 1.49. The molecule has 4 N–H and O–H groups in total. The van der Waals surface area contributed by atoms with Gasteiger partial charge in [0, 0.05) is 23.0 Å². The minimum atomic E-state index is 0.00457. The van der Waals surface area contributed by atoms with Crippen molar-refractivity contribution in [2.75, 3.05) is 6.54 Å². The van der Waals surface area contributed by atoms with Crippen molar-refractivity contribution >= 4 is 21.8 Å². The molecule has 0 spiro atoms. The number of nitrogens with two attached hydrogens (primary N) is 1. The Kier molecular flexibility index (Phi) is 5.44. The Balaban J connectivity index is 2.56. The summed E-state index contributed by atoms with van der Waals surface area (Å²) >= 11 is 3.52. The Morgan fingerprint density at radius 3 is 2.71 bits per heavy atom. The van der Waals surface area contributed by atoms with E-state index in [4.69, 9.17) is 10.9 Å². The number of amidine groups is 1. The van der Waals surface area contributed by atoms with Crippen LogP contribution in [0.5, 0.6) is 0 Å². The van der Waals surface area contributed by atoms with Gasteiger partial charge in [0.15, 0.2) is 0 Å². The van der Waals surface area contributed by atoms with Gasteiger partial charge in [-0.15, -0.1) is 0 Å². The van der Waals surface area contributed by atoms with Gasteiger partial charge < -0.3 is 16.3 Å². The third-order valence-electron chi connectivity index (χ3n) is 2.72. The number of nitrogens with one attached hydrogen (secondary N) is 1. The molecule has 1 aromatic carbocycles. The highest BCUT2D eigenvalue weighted by Gasteiger charge is 2.12. The van der Waals surface area contributed by atoms with E-state index >= 15 is 0 Å². The number of halogens is 1. The molecule has 2 atom stereocenters. The van der Waals surface area contributed by atoms with E-state index in [0.29, 0.717) is 6.54 Å². The van der Waals surface area contributed by atoms with E-state index < -0.39 is 0 Å². The number of benzene rings is 1. The first-order valence-corrected chi connectivity index (χ1v) is 6.30. The van der Waals surface area contributed by atoms with Crippen molar-refractivity contribution in [1.29, 1.82) is 0 Å². The Morgan fingerprint density at radius 1 is 1.47 bits per heavy atom. The van der Waals surface area contributed by atoms with Crippen LogP contribution >= 0.6 is 15.9 Å². The zero-order valence-corrected chi connectivity index (χ0v) is 11.6. The molecule has 0 heterocycles.